The number of hydrogen-bond donors (Lipinski definition) is 3. The van der Waals surface area contributed by atoms with Crippen LogP contribution >= 0.6 is 12.4 Å². The summed E-state index contributed by atoms with van der Waals surface area (Å²) < 4.78 is 13.4. The molecule has 2 unspecified atom stereocenters. The molecule has 3 aliphatic rings. The van der Waals surface area contributed by atoms with Crippen molar-refractivity contribution in [1.29, 1.82) is 0 Å². The van der Waals surface area contributed by atoms with Crippen LogP contribution in [0.3, 0.4) is 0 Å². The Kier molecular flexibility index (Phi) is 6.59. The van der Waals surface area contributed by atoms with Gasteiger partial charge in [-0.3, -0.25) is 0 Å². The molecule has 9 nitrogen and oxygen atoms in total. The highest BCUT2D eigenvalue weighted by molar-refractivity contribution is 5.85. The Morgan fingerprint density at radius 1 is 1.23 bits per heavy atom. The molecule has 31 heavy (non-hydrogen) atoms. The van der Waals surface area contributed by atoms with Crippen molar-refractivity contribution in [3.05, 3.63) is 35.9 Å². The van der Waals surface area contributed by atoms with Crippen LogP contribution in [0.15, 0.2) is 24.5 Å². The second-order valence-corrected chi connectivity index (χ2v) is 8.23. The number of nitrogen functional groups attached to an aromatic ring is 1. The number of hydrogen-bond acceptors (Lipinski definition) is 8. The summed E-state index contributed by atoms with van der Waals surface area (Å²) in [4.78, 5) is 13.1. The van der Waals surface area contributed by atoms with Gasteiger partial charge in [0.15, 0.2) is 34.7 Å². The first-order chi connectivity index (χ1) is 14.2. The quantitative estimate of drug-likeness (QED) is 0.523. The minimum atomic E-state index is -1.18. The van der Waals surface area contributed by atoms with E-state index in [-0.39, 0.29) is 30.4 Å². The van der Waals surface area contributed by atoms with Crippen LogP contribution in [-0.4, -0.2) is 49.0 Å². The number of imidazole rings is 1. The second kappa shape index (κ2) is 8.86. The molecular weight excluding hydrogens is 422 g/mol. The van der Waals surface area contributed by atoms with Gasteiger partial charge in [-0.05, 0) is 44.4 Å². The van der Waals surface area contributed by atoms with Gasteiger partial charge in [0.2, 0.25) is 0 Å². The van der Waals surface area contributed by atoms with Crippen molar-refractivity contribution < 1.29 is 19.7 Å². The summed E-state index contributed by atoms with van der Waals surface area (Å²) in [6.07, 6.45) is 3.45. The van der Waals surface area contributed by atoms with Gasteiger partial charge in [0, 0.05) is 6.42 Å². The lowest BCUT2D eigenvalue weighted by Gasteiger charge is -2.18. The van der Waals surface area contributed by atoms with Crippen molar-refractivity contribution in [2.45, 2.75) is 57.5 Å². The molecule has 168 valence electrons. The van der Waals surface area contributed by atoms with E-state index in [1.807, 2.05) is 22.8 Å². The number of rotatable bonds is 6. The third kappa shape index (κ3) is 4.84. The van der Waals surface area contributed by atoms with Crippen LogP contribution in [0.2, 0.25) is 0 Å². The first kappa shape index (κ1) is 23.1. The van der Waals surface area contributed by atoms with Crippen molar-refractivity contribution in [2.24, 2.45) is 0 Å². The molecular formula is C21H28ClN5O4. The fourth-order valence-electron chi connectivity index (χ4n) is 3.66. The summed E-state index contributed by atoms with van der Waals surface area (Å²) in [5.74, 6) is 2.40. The molecule has 1 fully saturated rings. The highest BCUT2D eigenvalue weighted by Gasteiger charge is 2.28. The van der Waals surface area contributed by atoms with E-state index in [0.717, 1.165) is 18.4 Å². The summed E-state index contributed by atoms with van der Waals surface area (Å²) in [5.41, 5.74) is 6.20. The smallest absolute Gasteiger partial charge is 0.166 e. The van der Waals surface area contributed by atoms with E-state index in [9.17, 15) is 10.2 Å². The standard InChI is InChI=1S/C21H27N5O4.ClH/c1-21(2,28)20-24-17-18(22)23-11-26(19(17)25-20)10-12-4-7-15(29-3)16(8-12)30-14-6-5-13(27)9-14;/h4,7-8,11,13-14,27-28H,5-6,9-10,22H2,1-3H3;1H. The fraction of sp³-hybridized carbons (Fsp3) is 0.476. The Morgan fingerprint density at radius 3 is 2.65 bits per heavy atom. The number of anilines is 1. The molecule has 2 aliphatic heterocycles. The number of aliphatic hydroxyl groups excluding tert-OH is 1. The van der Waals surface area contributed by atoms with Gasteiger partial charge >= 0.3 is 0 Å². The zero-order chi connectivity index (χ0) is 21.5. The lowest BCUT2D eigenvalue weighted by atomic mass is 10.1. The predicted octanol–water partition coefficient (Wildman–Crippen LogP) is 2.36. The highest BCUT2D eigenvalue weighted by Crippen LogP contribution is 2.34. The largest absolute Gasteiger partial charge is 0.493 e. The molecule has 0 saturated heterocycles. The van der Waals surface area contributed by atoms with Crippen LogP contribution in [0.4, 0.5) is 5.82 Å². The number of methoxy groups -OCH3 is 1. The lowest BCUT2D eigenvalue weighted by Crippen LogP contribution is -2.17. The second-order valence-electron chi connectivity index (χ2n) is 8.23. The summed E-state index contributed by atoms with van der Waals surface area (Å²) in [5, 5.41) is 20.0. The molecule has 4 N–H and O–H groups in total. The van der Waals surface area contributed by atoms with Crippen LogP contribution in [0.5, 0.6) is 11.5 Å². The Bertz CT molecular complexity index is 1020. The van der Waals surface area contributed by atoms with Crippen molar-refractivity contribution in [3.63, 3.8) is 0 Å². The fourth-order valence-corrected chi connectivity index (χ4v) is 3.66. The molecule has 0 bridgehead atoms. The molecule has 1 aromatic carbocycles. The average Bonchev–Trinajstić information content (AvgIpc) is 3.31. The van der Waals surface area contributed by atoms with Gasteiger partial charge in [0.25, 0.3) is 0 Å². The number of aromatic nitrogens is 4. The molecule has 0 spiro atoms. The topological polar surface area (TPSA) is 129 Å². The van der Waals surface area contributed by atoms with Crippen LogP contribution in [0.1, 0.15) is 44.5 Å². The van der Waals surface area contributed by atoms with Crippen LogP contribution < -0.4 is 15.2 Å². The van der Waals surface area contributed by atoms with Gasteiger partial charge in [-0.2, -0.15) is 0 Å². The molecule has 1 aliphatic carbocycles. The third-order valence-electron chi connectivity index (χ3n) is 5.27. The van der Waals surface area contributed by atoms with Crippen molar-refractivity contribution >= 4 is 18.2 Å². The molecule has 2 heterocycles. The summed E-state index contributed by atoms with van der Waals surface area (Å²) in [6.45, 7) is 3.71. The van der Waals surface area contributed by atoms with E-state index in [2.05, 4.69) is 15.0 Å². The monoisotopic (exact) mass is 449 g/mol. The zero-order valence-electron chi connectivity index (χ0n) is 17.8. The molecule has 0 aromatic heterocycles. The van der Waals surface area contributed by atoms with Crippen molar-refractivity contribution in [2.75, 3.05) is 12.8 Å². The van der Waals surface area contributed by atoms with Crippen molar-refractivity contribution in [1.82, 2.24) is 19.5 Å². The maximum absolute atomic E-state index is 10.3. The maximum Gasteiger partial charge on any atom is 0.166 e. The minimum Gasteiger partial charge on any atom is -0.493 e. The number of benzene rings is 1. The lowest BCUT2D eigenvalue weighted by molar-refractivity contribution is 0.0698. The number of fused-ring (bicyclic) bond motifs is 1. The molecule has 4 rings (SSSR count). The summed E-state index contributed by atoms with van der Waals surface area (Å²) in [6, 6.07) is 5.72. The van der Waals surface area contributed by atoms with E-state index in [1.165, 1.54) is 0 Å². The first-order valence-corrected chi connectivity index (χ1v) is 9.97. The zero-order valence-corrected chi connectivity index (χ0v) is 18.6. The maximum atomic E-state index is 10.3. The molecule has 1 saturated carbocycles. The number of aliphatic hydroxyl groups is 2. The Balaban J connectivity index is 0.00000272. The molecule has 0 amide bonds. The van der Waals surface area contributed by atoms with Crippen LogP contribution in [-0.2, 0) is 12.1 Å². The average molecular weight is 450 g/mol. The van der Waals surface area contributed by atoms with Crippen LogP contribution in [0.25, 0.3) is 11.5 Å². The predicted molar refractivity (Wildman–Crippen MR) is 118 cm³/mol. The first-order valence-electron chi connectivity index (χ1n) is 9.97. The van der Waals surface area contributed by atoms with Gasteiger partial charge in [0.05, 0.1) is 26.1 Å². The summed E-state index contributed by atoms with van der Waals surface area (Å²) in [7, 11) is 1.60. The number of nitrogens with two attached hydrogens (primary N) is 1. The number of halogens is 1. The van der Waals surface area contributed by atoms with E-state index in [1.54, 1.807) is 27.3 Å². The normalized spacial score (nSPS) is 18.7. The van der Waals surface area contributed by atoms with Gasteiger partial charge in [-0.15, -0.1) is 12.4 Å². The molecule has 1 aromatic rings. The number of nitrogens with zero attached hydrogens (tertiary/aromatic N) is 4. The van der Waals surface area contributed by atoms with Gasteiger partial charge in [-0.25, -0.2) is 15.0 Å². The minimum absolute atomic E-state index is 0. The van der Waals surface area contributed by atoms with Gasteiger partial charge < -0.3 is 30.0 Å². The van der Waals surface area contributed by atoms with Crippen molar-refractivity contribution in [3.8, 4) is 23.0 Å². The molecule has 0 radical (unpaired) electrons. The van der Waals surface area contributed by atoms with E-state index < -0.39 is 5.60 Å². The van der Waals surface area contributed by atoms with E-state index in [4.69, 9.17) is 15.2 Å². The third-order valence-corrected chi connectivity index (χ3v) is 5.27. The van der Waals surface area contributed by atoms with Crippen LogP contribution in [0, 0.1) is 0 Å². The van der Waals surface area contributed by atoms with E-state index >= 15 is 0 Å². The summed E-state index contributed by atoms with van der Waals surface area (Å²) >= 11 is 0. The Morgan fingerprint density at radius 2 is 2.00 bits per heavy atom. The Labute approximate surface area is 187 Å². The molecule has 2 atom stereocenters. The number of ether oxygens (including phenoxy) is 2. The SMILES string of the molecule is COc1ccc(Cn2cnc(N)c3nc(C(C)(C)O)nc2-3)cc1OC1CCC(O)C1.Cl. The molecule has 10 heteroatoms. The highest BCUT2D eigenvalue weighted by atomic mass is 35.5. The Hall–Kier alpha value is -2.62. The van der Waals surface area contributed by atoms with Gasteiger partial charge in [0.1, 0.15) is 11.7 Å². The van der Waals surface area contributed by atoms with Gasteiger partial charge in [-0.1, -0.05) is 6.07 Å². The van der Waals surface area contributed by atoms with E-state index in [0.29, 0.717) is 41.8 Å².